The fourth-order valence-corrected chi connectivity index (χ4v) is 4.73. The summed E-state index contributed by atoms with van der Waals surface area (Å²) >= 11 is 0. The van der Waals surface area contributed by atoms with E-state index in [9.17, 15) is 9.13 Å². The molecule has 1 saturated heterocycles. The number of rotatable bonds is 4. The molecule has 8 nitrogen and oxygen atoms in total. The Hall–Kier alpha value is 0.220. The summed E-state index contributed by atoms with van der Waals surface area (Å²) in [6.07, 6.45) is -1.07. The molecule has 0 radical (unpaired) electrons. The lowest BCUT2D eigenvalue weighted by Gasteiger charge is -2.33. The lowest BCUT2D eigenvalue weighted by atomic mass is 10.3. The molecule has 1 rings (SSSR count). The van der Waals surface area contributed by atoms with E-state index in [4.69, 9.17) is 19.6 Å². The maximum atomic E-state index is 11.1. The first-order valence-electron chi connectivity index (χ1n) is 5.07. The number of likely N-dealkylation sites (N-methyl/N-ethyl adjacent to an activating group) is 1. The maximum Gasteiger partial charge on any atom is 0.379 e. The first-order valence-corrected chi connectivity index (χ1v) is 8.66. The van der Waals surface area contributed by atoms with Gasteiger partial charge in [0.1, 0.15) is 6.67 Å². The average Bonchev–Trinajstić information content (AvgIpc) is 2.17. The molecule has 17 heavy (non-hydrogen) atoms. The molecule has 1 unspecified atom stereocenters. The highest BCUT2D eigenvalue weighted by molar-refractivity contribution is 7.52. The van der Waals surface area contributed by atoms with Crippen LogP contribution in [0.25, 0.3) is 0 Å². The Labute approximate surface area is 99.8 Å². The van der Waals surface area contributed by atoms with Gasteiger partial charge >= 0.3 is 15.2 Å². The SMILES string of the molecule is CC1C[N+](CP(=O)(O)O)(CP(=O)(O)O)CN1C. The van der Waals surface area contributed by atoms with Crippen molar-refractivity contribution in [3.05, 3.63) is 0 Å². The summed E-state index contributed by atoms with van der Waals surface area (Å²) in [4.78, 5) is 38.0. The van der Waals surface area contributed by atoms with E-state index in [1.165, 1.54) is 0 Å². The van der Waals surface area contributed by atoms with Gasteiger partial charge in [0.25, 0.3) is 0 Å². The Morgan fingerprint density at radius 1 is 1.18 bits per heavy atom. The van der Waals surface area contributed by atoms with Crippen molar-refractivity contribution in [1.29, 1.82) is 0 Å². The monoisotopic (exact) mass is 289 g/mol. The quantitative estimate of drug-likeness (QED) is 0.402. The van der Waals surface area contributed by atoms with Gasteiger partial charge in [-0.2, -0.15) is 0 Å². The Kier molecular flexibility index (Phi) is 4.24. The molecular weight excluding hydrogens is 270 g/mol. The average molecular weight is 289 g/mol. The van der Waals surface area contributed by atoms with Crippen molar-refractivity contribution in [2.45, 2.75) is 13.0 Å². The summed E-state index contributed by atoms with van der Waals surface area (Å²) in [7, 11) is -6.87. The van der Waals surface area contributed by atoms with Crippen LogP contribution in [0, 0.1) is 0 Å². The van der Waals surface area contributed by atoms with Crippen molar-refractivity contribution >= 4 is 15.2 Å². The number of nitrogens with zero attached hydrogens (tertiary/aromatic N) is 2. The van der Waals surface area contributed by atoms with Gasteiger partial charge in [-0.25, -0.2) is 0 Å². The summed E-state index contributed by atoms with van der Waals surface area (Å²) < 4.78 is 21.9. The molecule has 0 aliphatic carbocycles. The molecule has 102 valence electrons. The van der Waals surface area contributed by atoms with E-state index in [2.05, 4.69) is 0 Å². The van der Waals surface area contributed by atoms with Gasteiger partial charge < -0.3 is 19.6 Å². The highest BCUT2D eigenvalue weighted by Crippen LogP contribution is 2.46. The van der Waals surface area contributed by atoms with Gasteiger partial charge in [-0.05, 0) is 14.0 Å². The lowest BCUT2D eigenvalue weighted by molar-refractivity contribution is -0.901. The smallest absolute Gasteiger partial charge is 0.321 e. The van der Waals surface area contributed by atoms with Crippen LogP contribution in [0.15, 0.2) is 0 Å². The van der Waals surface area contributed by atoms with Crippen LogP contribution in [0.3, 0.4) is 0 Å². The van der Waals surface area contributed by atoms with Crippen LogP contribution in [0.4, 0.5) is 0 Å². The predicted molar refractivity (Wildman–Crippen MR) is 61.0 cm³/mol. The Balaban J connectivity index is 2.95. The second-order valence-electron chi connectivity index (χ2n) is 4.88. The zero-order chi connectivity index (χ0) is 13.5. The summed E-state index contributed by atoms with van der Waals surface area (Å²) in [5.41, 5.74) is 0. The molecule has 1 atom stereocenters. The van der Waals surface area contributed by atoms with Crippen LogP contribution in [0.1, 0.15) is 6.92 Å². The number of hydrogen-bond acceptors (Lipinski definition) is 3. The van der Waals surface area contributed by atoms with E-state index in [1.807, 2.05) is 11.8 Å². The van der Waals surface area contributed by atoms with E-state index < -0.39 is 27.8 Å². The van der Waals surface area contributed by atoms with Gasteiger partial charge in [0.05, 0.1) is 12.6 Å². The summed E-state index contributed by atoms with van der Waals surface area (Å²) in [6.45, 7) is 2.42. The van der Waals surface area contributed by atoms with Gasteiger partial charge in [0, 0.05) is 0 Å². The molecule has 1 heterocycles. The van der Waals surface area contributed by atoms with Crippen LogP contribution in [0.2, 0.25) is 0 Å². The zero-order valence-corrected chi connectivity index (χ0v) is 11.6. The summed E-state index contributed by atoms with van der Waals surface area (Å²) in [5, 5.41) is 0. The molecular formula is C7H19N2O6P2+. The highest BCUT2D eigenvalue weighted by Gasteiger charge is 2.47. The minimum Gasteiger partial charge on any atom is -0.321 e. The van der Waals surface area contributed by atoms with Crippen molar-refractivity contribution in [1.82, 2.24) is 4.90 Å². The minimum atomic E-state index is -4.32. The fraction of sp³-hybridized carbons (Fsp3) is 1.00. The minimum absolute atomic E-state index is 0.0353. The summed E-state index contributed by atoms with van der Waals surface area (Å²) in [6, 6.07) is 0.0353. The van der Waals surface area contributed by atoms with Crippen molar-refractivity contribution in [2.75, 3.05) is 32.8 Å². The maximum absolute atomic E-state index is 11.1. The van der Waals surface area contributed by atoms with Crippen molar-refractivity contribution in [2.24, 2.45) is 0 Å². The Bertz CT molecular complexity index is 341. The standard InChI is InChI=1S/C7H18N2O6P2/c1-7-3-9(4-8(7)2,5-16(10,11)12)6-17(13,14)15/h7H,3-6H2,1-2H3,(H3-,10,11,12,13,14,15)/p+1. The van der Waals surface area contributed by atoms with Crippen LogP contribution in [-0.2, 0) is 9.13 Å². The summed E-state index contributed by atoms with van der Waals surface area (Å²) in [5.74, 6) is 0. The second kappa shape index (κ2) is 4.72. The van der Waals surface area contributed by atoms with E-state index in [1.54, 1.807) is 7.05 Å². The van der Waals surface area contributed by atoms with Gasteiger partial charge in [-0.1, -0.05) is 0 Å². The zero-order valence-electron chi connectivity index (χ0n) is 9.80. The molecule has 1 aliphatic heterocycles. The highest BCUT2D eigenvalue weighted by atomic mass is 31.2. The third kappa shape index (κ3) is 4.77. The van der Waals surface area contributed by atoms with Crippen molar-refractivity contribution < 1.29 is 33.2 Å². The molecule has 0 aromatic rings. The molecule has 1 fully saturated rings. The number of quaternary nitrogens is 1. The molecule has 0 amide bonds. The third-order valence-corrected chi connectivity index (χ3v) is 4.83. The van der Waals surface area contributed by atoms with Gasteiger partial charge in [-0.3, -0.25) is 18.5 Å². The fourth-order valence-electron chi connectivity index (χ4n) is 2.40. The molecule has 0 aromatic carbocycles. The van der Waals surface area contributed by atoms with Gasteiger partial charge in [0.2, 0.25) is 0 Å². The van der Waals surface area contributed by atoms with E-state index in [0.29, 0.717) is 6.54 Å². The predicted octanol–water partition coefficient (Wildman–Crippen LogP) is -0.635. The largest absolute Gasteiger partial charge is 0.379 e. The van der Waals surface area contributed by atoms with Crippen LogP contribution >= 0.6 is 15.2 Å². The van der Waals surface area contributed by atoms with Crippen LogP contribution in [-0.4, -0.2) is 67.8 Å². The molecule has 0 aromatic heterocycles. The second-order valence-corrected chi connectivity index (χ2v) is 8.11. The third-order valence-electron chi connectivity index (χ3n) is 2.90. The van der Waals surface area contributed by atoms with E-state index in [-0.39, 0.29) is 17.2 Å². The molecule has 0 spiro atoms. The molecule has 4 N–H and O–H groups in total. The van der Waals surface area contributed by atoms with E-state index >= 15 is 0 Å². The molecule has 10 heteroatoms. The molecule has 0 saturated carbocycles. The first kappa shape index (κ1) is 15.3. The number of hydrogen-bond donors (Lipinski definition) is 4. The normalized spacial score (nSPS) is 26.4. The molecule has 1 aliphatic rings. The first-order chi connectivity index (χ1) is 7.43. The topological polar surface area (TPSA) is 118 Å². The van der Waals surface area contributed by atoms with Gasteiger partial charge in [0.15, 0.2) is 12.6 Å². The van der Waals surface area contributed by atoms with Crippen LogP contribution < -0.4 is 0 Å². The Morgan fingerprint density at radius 3 is 1.82 bits per heavy atom. The van der Waals surface area contributed by atoms with E-state index in [0.717, 1.165) is 0 Å². The Morgan fingerprint density at radius 2 is 1.59 bits per heavy atom. The van der Waals surface area contributed by atoms with Gasteiger partial charge in [-0.15, -0.1) is 0 Å². The van der Waals surface area contributed by atoms with Crippen molar-refractivity contribution in [3.63, 3.8) is 0 Å². The van der Waals surface area contributed by atoms with Crippen molar-refractivity contribution in [3.8, 4) is 0 Å². The van der Waals surface area contributed by atoms with Crippen LogP contribution in [0.5, 0.6) is 0 Å². The molecule has 0 bridgehead atoms. The lowest BCUT2D eigenvalue weighted by Crippen LogP contribution is -2.48.